The molecule has 1 aromatic heterocycles. The fraction of sp³-hybridized carbons (Fsp3) is 0.269. The number of methoxy groups -OCH3 is 1. The van der Waals surface area contributed by atoms with Crippen LogP contribution in [0.5, 0.6) is 17.2 Å². The number of hydrogen-bond donors (Lipinski definition) is 3. The Morgan fingerprint density at radius 1 is 1.13 bits per heavy atom. The highest BCUT2D eigenvalue weighted by Crippen LogP contribution is 2.36. The average Bonchev–Trinajstić information content (AvgIpc) is 2.87. The van der Waals surface area contributed by atoms with Crippen molar-refractivity contribution in [3.05, 3.63) is 70.6 Å². The Bertz CT molecular complexity index is 1410. The first-order valence-electron chi connectivity index (χ1n) is 11.6. The number of esters is 1. The molecule has 39 heavy (non-hydrogen) atoms. The number of alkyl halides is 3. The molecule has 0 aliphatic rings. The minimum absolute atomic E-state index is 0.0888. The molecule has 0 aliphatic carbocycles. The fourth-order valence-electron chi connectivity index (χ4n) is 3.71. The molecular formula is C26H26F3N3O7. The molecular weight excluding hydrogens is 523 g/mol. The van der Waals surface area contributed by atoms with Crippen LogP contribution in [0.2, 0.25) is 0 Å². The van der Waals surface area contributed by atoms with Gasteiger partial charge in [0.25, 0.3) is 5.56 Å². The second-order valence-electron chi connectivity index (χ2n) is 8.19. The zero-order valence-electron chi connectivity index (χ0n) is 21.2. The minimum atomic E-state index is -4.89. The predicted octanol–water partition coefficient (Wildman–Crippen LogP) is 4.48. The Morgan fingerprint density at radius 2 is 1.87 bits per heavy atom. The summed E-state index contributed by atoms with van der Waals surface area (Å²) in [6.45, 7) is 1.70. The largest absolute Gasteiger partial charge is 0.573 e. The number of carbonyl (C=O) groups is 2. The van der Waals surface area contributed by atoms with Gasteiger partial charge in [0.05, 0.1) is 26.2 Å². The number of nitrogens with zero attached hydrogens (tertiary/aromatic N) is 1. The molecule has 0 radical (unpaired) electrons. The first-order valence-corrected chi connectivity index (χ1v) is 11.6. The third-order valence-electron chi connectivity index (χ3n) is 5.47. The number of ether oxygens (including phenoxy) is 3. The van der Waals surface area contributed by atoms with Gasteiger partial charge in [-0.05, 0) is 48.4 Å². The van der Waals surface area contributed by atoms with Crippen LogP contribution in [0.3, 0.4) is 0 Å². The molecule has 0 aliphatic heterocycles. The van der Waals surface area contributed by atoms with E-state index in [-0.39, 0.29) is 18.7 Å². The van der Waals surface area contributed by atoms with E-state index in [4.69, 9.17) is 9.47 Å². The molecule has 1 atom stereocenters. The highest BCUT2D eigenvalue weighted by molar-refractivity contribution is 5.91. The minimum Gasteiger partial charge on any atom is -0.505 e. The van der Waals surface area contributed by atoms with Gasteiger partial charge in [0, 0.05) is 18.8 Å². The summed E-state index contributed by atoms with van der Waals surface area (Å²) in [5, 5.41) is 14.9. The maximum absolute atomic E-state index is 12.8. The molecule has 1 unspecified atom stereocenters. The van der Waals surface area contributed by atoms with Crippen molar-refractivity contribution in [2.45, 2.75) is 25.7 Å². The number of hydrogen-bond acceptors (Lipinski definition) is 7. The number of pyridine rings is 1. The quantitative estimate of drug-likeness (QED) is 0.336. The SMILES string of the molecule is CCOC(=O)CC(NC(=O)Nc1c(O)ccn(C)c1=O)c1ccc(OC)c(-c2cccc(OC(F)(F)F)c2)c1. The van der Waals surface area contributed by atoms with Crippen LogP contribution in [0.25, 0.3) is 11.1 Å². The summed E-state index contributed by atoms with van der Waals surface area (Å²) in [5.74, 6) is -1.24. The van der Waals surface area contributed by atoms with Gasteiger partial charge in [-0.1, -0.05) is 18.2 Å². The second-order valence-corrected chi connectivity index (χ2v) is 8.19. The Hall–Kier alpha value is -4.68. The van der Waals surface area contributed by atoms with E-state index in [1.165, 1.54) is 50.7 Å². The third kappa shape index (κ3) is 7.66. The van der Waals surface area contributed by atoms with Gasteiger partial charge in [0.15, 0.2) is 5.69 Å². The Balaban J connectivity index is 1.98. The monoisotopic (exact) mass is 549 g/mol. The zero-order chi connectivity index (χ0) is 28.7. The number of anilines is 1. The van der Waals surface area contributed by atoms with E-state index in [2.05, 4.69) is 15.4 Å². The van der Waals surface area contributed by atoms with Gasteiger partial charge in [-0.3, -0.25) is 9.59 Å². The van der Waals surface area contributed by atoms with Crippen molar-refractivity contribution < 1.29 is 42.1 Å². The molecule has 3 N–H and O–H groups in total. The first kappa shape index (κ1) is 28.9. The van der Waals surface area contributed by atoms with E-state index in [1.54, 1.807) is 19.1 Å². The van der Waals surface area contributed by atoms with Crippen molar-refractivity contribution in [3.8, 4) is 28.4 Å². The van der Waals surface area contributed by atoms with Crippen molar-refractivity contribution in [2.75, 3.05) is 19.0 Å². The van der Waals surface area contributed by atoms with Crippen LogP contribution in [-0.2, 0) is 16.6 Å². The predicted molar refractivity (Wildman–Crippen MR) is 135 cm³/mol. The molecule has 2 aromatic carbocycles. The van der Waals surface area contributed by atoms with Crippen LogP contribution >= 0.6 is 0 Å². The number of rotatable bonds is 9. The summed E-state index contributed by atoms with van der Waals surface area (Å²) in [6, 6.07) is 9.17. The van der Waals surface area contributed by atoms with Gasteiger partial charge < -0.3 is 34.5 Å². The topological polar surface area (TPSA) is 128 Å². The first-order chi connectivity index (χ1) is 18.4. The third-order valence-corrected chi connectivity index (χ3v) is 5.47. The van der Waals surface area contributed by atoms with Crippen molar-refractivity contribution >= 4 is 17.7 Å². The number of halogens is 3. The maximum atomic E-state index is 12.8. The summed E-state index contributed by atoms with van der Waals surface area (Å²) in [5.41, 5.74) is 0.00570. The van der Waals surface area contributed by atoms with Crippen LogP contribution < -0.4 is 25.7 Å². The van der Waals surface area contributed by atoms with E-state index in [0.29, 0.717) is 22.4 Å². The van der Waals surface area contributed by atoms with Crippen LogP contribution in [-0.4, -0.2) is 41.8 Å². The van der Waals surface area contributed by atoms with Crippen molar-refractivity contribution in [3.63, 3.8) is 0 Å². The maximum Gasteiger partial charge on any atom is 0.573 e. The Kier molecular flexibility index (Phi) is 9.07. The molecule has 0 fully saturated rings. The number of aryl methyl sites for hydroxylation is 1. The molecule has 208 valence electrons. The number of nitrogens with one attached hydrogen (secondary N) is 2. The van der Waals surface area contributed by atoms with E-state index in [9.17, 15) is 32.7 Å². The summed E-state index contributed by atoms with van der Waals surface area (Å²) in [7, 11) is 2.81. The van der Waals surface area contributed by atoms with Gasteiger partial charge in [0.2, 0.25) is 0 Å². The number of urea groups is 1. The number of aromatic hydroxyl groups is 1. The molecule has 3 aromatic rings. The molecule has 13 heteroatoms. The average molecular weight is 550 g/mol. The van der Waals surface area contributed by atoms with Gasteiger partial charge in [-0.25, -0.2) is 4.79 Å². The molecule has 0 spiro atoms. The lowest BCUT2D eigenvalue weighted by Gasteiger charge is -2.21. The molecule has 0 bridgehead atoms. The van der Waals surface area contributed by atoms with Crippen molar-refractivity contribution in [1.82, 2.24) is 9.88 Å². The molecule has 1 heterocycles. The van der Waals surface area contributed by atoms with Crippen LogP contribution in [0, 0.1) is 0 Å². The van der Waals surface area contributed by atoms with Crippen molar-refractivity contribution in [2.24, 2.45) is 7.05 Å². The van der Waals surface area contributed by atoms with Gasteiger partial charge >= 0.3 is 18.4 Å². The van der Waals surface area contributed by atoms with Gasteiger partial charge in [-0.2, -0.15) is 0 Å². The smallest absolute Gasteiger partial charge is 0.505 e. The summed E-state index contributed by atoms with van der Waals surface area (Å²) in [6.07, 6.45) is -3.89. The van der Waals surface area contributed by atoms with Crippen LogP contribution in [0.4, 0.5) is 23.7 Å². The molecule has 0 saturated heterocycles. The van der Waals surface area contributed by atoms with Gasteiger partial charge in [0.1, 0.15) is 17.2 Å². The second kappa shape index (κ2) is 12.2. The standard InChI is InChI=1S/C26H26F3N3O7/c1-4-38-22(34)14-19(30-25(36)31-23-20(33)10-11-32(2)24(23)35)16-8-9-21(37-3)18(13-16)15-6-5-7-17(12-15)39-26(27,28)29/h5-13,19,33H,4,14H2,1-3H3,(H2,30,31,36). The Labute approximate surface area is 220 Å². The van der Waals surface area contributed by atoms with E-state index < -0.39 is 41.5 Å². The number of aromatic nitrogens is 1. The Morgan fingerprint density at radius 3 is 2.54 bits per heavy atom. The zero-order valence-corrected chi connectivity index (χ0v) is 21.2. The molecule has 10 nitrogen and oxygen atoms in total. The lowest BCUT2D eigenvalue weighted by atomic mass is 9.96. The normalized spacial score (nSPS) is 11.8. The van der Waals surface area contributed by atoms with Crippen molar-refractivity contribution in [1.29, 1.82) is 0 Å². The number of benzene rings is 2. The summed E-state index contributed by atoms with van der Waals surface area (Å²) >= 11 is 0. The van der Waals surface area contributed by atoms with Gasteiger partial charge in [-0.15, -0.1) is 13.2 Å². The number of carbonyl (C=O) groups excluding carboxylic acids is 2. The highest BCUT2D eigenvalue weighted by Gasteiger charge is 2.31. The van der Waals surface area contributed by atoms with Crippen LogP contribution in [0.1, 0.15) is 24.9 Å². The lowest BCUT2D eigenvalue weighted by molar-refractivity contribution is -0.274. The summed E-state index contributed by atoms with van der Waals surface area (Å²) < 4.78 is 53.8. The molecule has 3 rings (SSSR count). The molecule has 0 saturated carbocycles. The highest BCUT2D eigenvalue weighted by atomic mass is 19.4. The van der Waals surface area contributed by atoms with Crippen LogP contribution in [0.15, 0.2) is 59.5 Å². The van der Waals surface area contributed by atoms with E-state index >= 15 is 0 Å². The number of amides is 2. The molecule has 2 amide bonds. The van der Waals surface area contributed by atoms with E-state index in [1.807, 2.05) is 0 Å². The lowest BCUT2D eigenvalue weighted by Crippen LogP contribution is -2.36. The summed E-state index contributed by atoms with van der Waals surface area (Å²) in [4.78, 5) is 37.5. The fourth-order valence-corrected chi connectivity index (χ4v) is 3.71. The van der Waals surface area contributed by atoms with E-state index in [0.717, 1.165) is 10.6 Å².